The zero-order valence-electron chi connectivity index (χ0n) is 11.9. The Hall–Kier alpha value is -2.16. The number of hydrogen-bond acceptors (Lipinski definition) is 6. The minimum atomic E-state index is -1.16. The second-order valence-corrected chi connectivity index (χ2v) is 4.16. The number of benzene rings is 2. The standard InChI is InChI=1S/2C7H7NO3.Ca/c2*8-4-1-2-5(7(10)11)6(9)3-4;/h2*1-3,9H,8H2,(H,10,11);. The van der Waals surface area contributed by atoms with Gasteiger partial charge in [-0.3, -0.25) is 0 Å². The summed E-state index contributed by atoms with van der Waals surface area (Å²) in [6.07, 6.45) is 0. The van der Waals surface area contributed by atoms with Gasteiger partial charge in [0.05, 0.1) is 0 Å². The van der Waals surface area contributed by atoms with Crippen LogP contribution < -0.4 is 11.5 Å². The van der Waals surface area contributed by atoms with Crippen molar-refractivity contribution in [2.45, 2.75) is 0 Å². The fourth-order valence-corrected chi connectivity index (χ4v) is 1.46. The fourth-order valence-electron chi connectivity index (χ4n) is 1.46. The molecule has 0 heterocycles. The minimum absolute atomic E-state index is 0. The van der Waals surface area contributed by atoms with Crippen molar-refractivity contribution in [2.75, 3.05) is 11.5 Å². The zero-order valence-corrected chi connectivity index (χ0v) is 14.1. The van der Waals surface area contributed by atoms with Crippen molar-refractivity contribution in [1.82, 2.24) is 0 Å². The third kappa shape index (κ3) is 6.23. The molecule has 0 spiro atoms. The Morgan fingerprint density at radius 1 is 0.739 bits per heavy atom. The maximum Gasteiger partial charge on any atom is 0.339 e. The van der Waals surface area contributed by atoms with Gasteiger partial charge >= 0.3 is 11.9 Å². The van der Waals surface area contributed by atoms with Gasteiger partial charge in [-0.25, -0.2) is 9.59 Å². The summed E-state index contributed by atoms with van der Waals surface area (Å²) in [7, 11) is 0. The second-order valence-electron chi connectivity index (χ2n) is 4.16. The summed E-state index contributed by atoms with van der Waals surface area (Å²) in [6, 6.07) is 7.75. The first-order valence-electron chi connectivity index (χ1n) is 5.86. The summed E-state index contributed by atoms with van der Waals surface area (Å²) in [5.74, 6) is -2.94. The van der Waals surface area contributed by atoms with E-state index in [1.165, 1.54) is 36.4 Å². The van der Waals surface area contributed by atoms with E-state index in [1.54, 1.807) is 0 Å². The van der Waals surface area contributed by atoms with Crippen molar-refractivity contribution >= 4 is 61.1 Å². The molecule has 8 N–H and O–H groups in total. The Morgan fingerprint density at radius 2 is 1.04 bits per heavy atom. The number of aromatic hydroxyl groups is 2. The maximum atomic E-state index is 10.3. The van der Waals surface area contributed by atoms with Gasteiger partial charge < -0.3 is 31.9 Å². The van der Waals surface area contributed by atoms with E-state index in [2.05, 4.69) is 0 Å². The Balaban J connectivity index is 0.000000403. The summed E-state index contributed by atoms with van der Waals surface area (Å²) in [5.41, 5.74) is 11.0. The number of nitrogens with two attached hydrogens (primary N) is 2. The van der Waals surface area contributed by atoms with E-state index in [0.29, 0.717) is 11.4 Å². The number of nitrogen functional groups attached to an aromatic ring is 2. The van der Waals surface area contributed by atoms with Crippen molar-refractivity contribution in [3.63, 3.8) is 0 Å². The number of carbonyl (C=O) groups is 2. The molecule has 0 saturated heterocycles. The number of anilines is 2. The molecule has 0 aliphatic carbocycles. The molecule has 0 aliphatic heterocycles. The summed E-state index contributed by atoms with van der Waals surface area (Å²) >= 11 is 0. The molecule has 2 radical (unpaired) electrons. The fraction of sp³-hybridized carbons (Fsp3) is 0. The SMILES string of the molecule is Nc1ccc(C(=O)O)c(O)c1.Nc1ccc(C(=O)O)c(O)c1.[Ca]. The van der Waals surface area contributed by atoms with Gasteiger partial charge in [0.1, 0.15) is 22.6 Å². The first-order chi connectivity index (χ1) is 10.2. The predicted octanol–water partition coefficient (Wildman–Crippen LogP) is 0.964. The normalized spacial score (nSPS) is 9.04. The van der Waals surface area contributed by atoms with E-state index < -0.39 is 11.9 Å². The van der Waals surface area contributed by atoms with Crippen LogP contribution in [0.2, 0.25) is 0 Å². The van der Waals surface area contributed by atoms with Crippen LogP contribution >= 0.6 is 0 Å². The topological polar surface area (TPSA) is 167 Å². The van der Waals surface area contributed by atoms with Gasteiger partial charge in [0.2, 0.25) is 0 Å². The number of aromatic carboxylic acids is 2. The van der Waals surface area contributed by atoms with E-state index in [4.69, 9.17) is 31.9 Å². The first kappa shape index (κ1) is 20.8. The van der Waals surface area contributed by atoms with Gasteiger partial charge in [-0.2, -0.15) is 0 Å². The first-order valence-corrected chi connectivity index (χ1v) is 5.86. The smallest absolute Gasteiger partial charge is 0.339 e. The number of carboxylic acid groups (broad SMARTS) is 2. The van der Waals surface area contributed by atoms with Crippen LogP contribution in [-0.4, -0.2) is 70.1 Å². The van der Waals surface area contributed by atoms with Gasteiger partial charge in [0, 0.05) is 61.2 Å². The number of rotatable bonds is 2. The van der Waals surface area contributed by atoms with E-state index in [9.17, 15) is 9.59 Å². The van der Waals surface area contributed by atoms with Crippen LogP contribution in [0.25, 0.3) is 0 Å². The molecule has 8 nitrogen and oxygen atoms in total. The zero-order chi connectivity index (χ0) is 16.9. The Labute approximate surface area is 161 Å². The maximum absolute atomic E-state index is 10.3. The van der Waals surface area contributed by atoms with E-state index in [-0.39, 0.29) is 60.4 Å². The van der Waals surface area contributed by atoms with Crippen molar-refractivity contribution in [1.29, 1.82) is 0 Å². The summed E-state index contributed by atoms with van der Waals surface area (Å²) in [4.78, 5) is 20.7. The molecule has 2 aromatic carbocycles. The molecule has 2 aromatic rings. The minimum Gasteiger partial charge on any atom is -0.507 e. The average molecular weight is 346 g/mol. The van der Waals surface area contributed by atoms with Crippen LogP contribution in [-0.2, 0) is 0 Å². The van der Waals surface area contributed by atoms with E-state index in [1.807, 2.05) is 0 Å². The molecule has 0 saturated carbocycles. The van der Waals surface area contributed by atoms with Gasteiger partial charge in [0.25, 0.3) is 0 Å². The number of hydrogen-bond donors (Lipinski definition) is 6. The monoisotopic (exact) mass is 346 g/mol. The Morgan fingerprint density at radius 3 is 1.26 bits per heavy atom. The van der Waals surface area contributed by atoms with E-state index in [0.717, 1.165) is 0 Å². The molecule has 0 unspecified atom stereocenters. The summed E-state index contributed by atoms with van der Waals surface area (Å²) in [5, 5.41) is 34.9. The van der Waals surface area contributed by atoms with Gasteiger partial charge in [-0.05, 0) is 24.3 Å². The third-order valence-corrected chi connectivity index (χ3v) is 2.50. The molecule has 0 amide bonds. The van der Waals surface area contributed by atoms with Crippen molar-refractivity contribution in [2.24, 2.45) is 0 Å². The predicted molar refractivity (Wildman–Crippen MR) is 84.7 cm³/mol. The largest absolute Gasteiger partial charge is 0.507 e. The van der Waals surface area contributed by atoms with Crippen molar-refractivity contribution < 1.29 is 30.0 Å². The molecule has 0 bridgehead atoms. The molecular weight excluding hydrogens is 332 g/mol. The average Bonchev–Trinajstić information content (AvgIpc) is 2.38. The van der Waals surface area contributed by atoms with Crippen LogP contribution in [0, 0.1) is 0 Å². The summed E-state index contributed by atoms with van der Waals surface area (Å²) < 4.78 is 0. The molecule has 0 aliphatic rings. The van der Waals surface area contributed by atoms with Crippen molar-refractivity contribution in [3.05, 3.63) is 47.5 Å². The molecule has 2 rings (SSSR count). The molecule has 9 heteroatoms. The quantitative estimate of drug-likeness (QED) is 0.345. The van der Waals surface area contributed by atoms with Crippen molar-refractivity contribution in [3.8, 4) is 11.5 Å². The molecule has 23 heavy (non-hydrogen) atoms. The van der Waals surface area contributed by atoms with Gasteiger partial charge in [0.15, 0.2) is 0 Å². The Bertz CT molecular complexity index is 659. The van der Waals surface area contributed by atoms with Gasteiger partial charge in [-0.15, -0.1) is 0 Å². The molecule has 0 atom stereocenters. The molecule has 118 valence electrons. The van der Waals surface area contributed by atoms with E-state index >= 15 is 0 Å². The van der Waals surface area contributed by atoms with Crippen LogP contribution in [0.4, 0.5) is 11.4 Å². The number of phenols is 2. The van der Waals surface area contributed by atoms with Crippen LogP contribution in [0.3, 0.4) is 0 Å². The Kier molecular flexibility index (Phi) is 8.23. The molecule has 0 fully saturated rings. The van der Waals surface area contributed by atoms with Crippen LogP contribution in [0.1, 0.15) is 20.7 Å². The summed E-state index contributed by atoms with van der Waals surface area (Å²) in [6.45, 7) is 0. The third-order valence-electron chi connectivity index (χ3n) is 2.50. The molecule has 0 aromatic heterocycles. The van der Waals surface area contributed by atoms with Crippen LogP contribution in [0.5, 0.6) is 11.5 Å². The van der Waals surface area contributed by atoms with Gasteiger partial charge in [-0.1, -0.05) is 0 Å². The van der Waals surface area contributed by atoms with Crippen LogP contribution in [0.15, 0.2) is 36.4 Å². The molecular formula is C14H14CaN2O6. The number of carboxylic acids is 2. The second kappa shape index (κ2) is 9.09.